The van der Waals surface area contributed by atoms with E-state index < -0.39 is 22.5 Å². The van der Waals surface area contributed by atoms with Crippen LogP contribution in [-0.4, -0.2) is 33.3 Å². The minimum absolute atomic E-state index is 0.0494. The standard InChI is InChI=1S/C27H30ClN3O4S/c1-4-5-16-29-27(33)23-8-6-7-9-25(23)30-26(32)18-31(21-13-12-20(3)24(28)17-21)36(34,35)22-14-10-19(2)11-15-22/h6-15,17H,4-5,16,18H2,1-3H3,(H,29,33)(H,30,32). The molecule has 0 spiro atoms. The van der Waals surface area contributed by atoms with Crippen LogP contribution in [0.2, 0.25) is 5.02 Å². The third-order valence-corrected chi connectivity index (χ3v) is 7.80. The van der Waals surface area contributed by atoms with Crippen molar-refractivity contribution in [3.05, 3.63) is 88.4 Å². The molecule has 0 aromatic heterocycles. The number of anilines is 2. The summed E-state index contributed by atoms with van der Waals surface area (Å²) in [5.74, 6) is -0.912. The molecule has 0 saturated heterocycles. The van der Waals surface area contributed by atoms with Crippen molar-refractivity contribution < 1.29 is 18.0 Å². The van der Waals surface area contributed by atoms with Crippen LogP contribution in [0.5, 0.6) is 0 Å². The molecule has 0 aliphatic carbocycles. The van der Waals surface area contributed by atoms with E-state index in [0.717, 1.165) is 28.3 Å². The molecule has 36 heavy (non-hydrogen) atoms. The molecule has 3 aromatic rings. The quantitative estimate of drug-likeness (QED) is 0.349. The maximum absolute atomic E-state index is 13.6. The van der Waals surface area contributed by atoms with E-state index >= 15 is 0 Å². The predicted molar refractivity (Wildman–Crippen MR) is 144 cm³/mol. The van der Waals surface area contributed by atoms with Crippen molar-refractivity contribution in [3.63, 3.8) is 0 Å². The van der Waals surface area contributed by atoms with E-state index in [1.54, 1.807) is 55.5 Å². The summed E-state index contributed by atoms with van der Waals surface area (Å²) < 4.78 is 28.2. The Kier molecular flexibility index (Phi) is 9.12. The molecule has 3 aromatic carbocycles. The van der Waals surface area contributed by atoms with Gasteiger partial charge in [-0.1, -0.05) is 60.8 Å². The van der Waals surface area contributed by atoms with Gasteiger partial charge < -0.3 is 10.6 Å². The van der Waals surface area contributed by atoms with Crippen LogP contribution in [0.3, 0.4) is 0 Å². The third kappa shape index (κ3) is 6.65. The molecule has 0 bridgehead atoms. The zero-order chi connectivity index (χ0) is 26.3. The number of hydrogen-bond donors (Lipinski definition) is 2. The molecule has 0 saturated carbocycles. The molecule has 0 fully saturated rings. The normalized spacial score (nSPS) is 11.1. The Hall–Kier alpha value is -3.36. The molecule has 0 unspecified atom stereocenters. The Balaban J connectivity index is 1.91. The second-order valence-corrected chi connectivity index (χ2v) is 10.7. The van der Waals surface area contributed by atoms with Crippen molar-refractivity contribution in [1.82, 2.24) is 5.32 Å². The topological polar surface area (TPSA) is 95.6 Å². The molecule has 190 valence electrons. The van der Waals surface area contributed by atoms with Crippen molar-refractivity contribution in [2.24, 2.45) is 0 Å². The molecular formula is C27H30ClN3O4S. The zero-order valence-electron chi connectivity index (χ0n) is 20.5. The van der Waals surface area contributed by atoms with Crippen molar-refractivity contribution in [2.45, 2.75) is 38.5 Å². The van der Waals surface area contributed by atoms with Crippen molar-refractivity contribution in [2.75, 3.05) is 22.7 Å². The lowest BCUT2D eigenvalue weighted by Crippen LogP contribution is -2.38. The van der Waals surface area contributed by atoms with E-state index in [-0.39, 0.29) is 16.5 Å². The van der Waals surface area contributed by atoms with Gasteiger partial charge >= 0.3 is 0 Å². The maximum atomic E-state index is 13.6. The molecule has 7 nitrogen and oxygen atoms in total. The van der Waals surface area contributed by atoms with Gasteiger partial charge in [0.05, 0.1) is 21.8 Å². The highest BCUT2D eigenvalue weighted by Crippen LogP contribution is 2.28. The first kappa shape index (κ1) is 27.2. The van der Waals surface area contributed by atoms with Crippen LogP contribution in [0, 0.1) is 13.8 Å². The van der Waals surface area contributed by atoms with E-state index in [9.17, 15) is 18.0 Å². The maximum Gasteiger partial charge on any atom is 0.264 e. The first-order valence-corrected chi connectivity index (χ1v) is 13.5. The number of benzene rings is 3. The molecule has 0 atom stereocenters. The van der Waals surface area contributed by atoms with Gasteiger partial charge in [-0.05, 0) is 62.2 Å². The second-order valence-electron chi connectivity index (χ2n) is 8.46. The highest BCUT2D eigenvalue weighted by molar-refractivity contribution is 7.92. The van der Waals surface area contributed by atoms with E-state index in [2.05, 4.69) is 10.6 Å². The van der Waals surface area contributed by atoms with Gasteiger partial charge in [-0.2, -0.15) is 0 Å². The summed E-state index contributed by atoms with van der Waals surface area (Å²) in [6.45, 7) is 5.70. The number of carbonyl (C=O) groups is 2. The summed E-state index contributed by atoms with van der Waals surface area (Å²) in [6.07, 6.45) is 1.78. The number of halogens is 1. The van der Waals surface area contributed by atoms with Crippen molar-refractivity contribution >= 4 is 44.8 Å². The molecule has 2 amide bonds. The Morgan fingerprint density at radius 2 is 1.67 bits per heavy atom. The SMILES string of the molecule is CCCCNC(=O)c1ccccc1NC(=O)CN(c1ccc(C)c(Cl)c1)S(=O)(=O)c1ccc(C)cc1. The lowest BCUT2D eigenvalue weighted by Gasteiger charge is -2.25. The molecular weight excluding hydrogens is 498 g/mol. The minimum atomic E-state index is -4.09. The summed E-state index contributed by atoms with van der Waals surface area (Å²) in [5.41, 5.74) is 2.54. The summed E-state index contributed by atoms with van der Waals surface area (Å²) in [6, 6.07) is 17.8. The van der Waals surface area contributed by atoms with E-state index in [1.807, 2.05) is 13.8 Å². The van der Waals surface area contributed by atoms with Crippen LogP contribution in [0.15, 0.2) is 71.6 Å². The number of nitrogens with zero attached hydrogens (tertiary/aromatic N) is 1. The first-order valence-electron chi connectivity index (χ1n) is 11.7. The largest absolute Gasteiger partial charge is 0.352 e. The summed E-state index contributed by atoms with van der Waals surface area (Å²) >= 11 is 6.28. The first-order chi connectivity index (χ1) is 17.1. The molecule has 0 heterocycles. The van der Waals surface area contributed by atoms with Gasteiger partial charge in [0.25, 0.3) is 15.9 Å². The van der Waals surface area contributed by atoms with Gasteiger partial charge in [-0.3, -0.25) is 13.9 Å². The Morgan fingerprint density at radius 1 is 0.972 bits per heavy atom. The minimum Gasteiger partial charge on any atom is -0.352 e. The van der Waals surface area contributed by atoms with Gasteiger partial charge in [0.15, 0.2) is 0 Å². The third-order valence-electron chi connectivity index (χ3n) is 5.60. The number of amides is 2. The lowest BCUT2D eigenvalue weighted by molar-refractivity contribution is -0.114. The van der Waals surface area contributed by atoms with Crippen LogP contribution >= 0.6 is 11.6 Å². The summed E-state index contributed by atoms with van der Waals surface area (Å²) in [5, 5.41) is 5.91. The lowest BCUT2D eigenvalue weighted by atomic mass is 10.1. The van der Waals surface area contributed by atoms with Gasteiger partial charge in [-0.15, -0.1) is 0 Å². The fourth-order valence-electron chi connectivity index (χ4n) is 3.47. The van der Waals surface area contributed by atoms with Crippen LogP contribution in [-0.2, 0) is 14.8 Å². The average molecular weight is 528 g/mol. The average Bonchev–Trinajstić information content (AvgIpc) is 2.85. The second kappa shape index (κ2) is 12.1. The predicted octanol–water partition coefficient (Wildman–Crippen LogP) is 5.32. The highest BCUT2D eigenvalue weighted by Gasteiger charge is 2.28. The monoisotopic (exact) mass is 527 g/mol. The van der Waals surface area contributed by atoms with Crippen molar-refractivity contribution in [1.29, 1.82) is 0 Å². The molecule has 0 aliphatic rings. The smallest absolute Gasteiger partial charge is 0.264 e. The number of carbonyl (C=O) groups excluding carboxylic acids is 2. The van der Waals surface area contributed by atoms with Crippen molar-refractivity contribution in [3.8, 4) is 0 Å². The summed E-state index contributed by atoms with van der Waals surface area (Å²) in [7, 11) is -4.09. The van der Waals surface area contributed by atoms with Crippen LogP contribution in [0.25, 0.3) is 0 Å². The fourth-order valence-corrected chi connectivity index (χ4v) is 5.06. The molecule has 0 radical (unpaired) electrons. The van der Waals surface area contributed by atoms with Gasteiger partial charge in [0.1, 0.15) is 6.54 Å². The molecule has 0 aliphatic heterocycles. The number of unbranched alkanes of at least 4 members (excludes halogenated alkanes) is 1. The van der Waals surface area contributed by atoms with E-state index in [4.69, 9.17) is 11.6 Å². The van der Waals surface area contributed by atoms with Gasteiger partial charge in [0.2, 0.25) is 5.91 Å². The summed E-state index contributed by atoms with van der Waals surface area (Å²) in [4.78, 5) is 25.8. The van der Waals surface area contributed by atoms with Crippen LogP contribution < -0.4 is 14.9 Å². The van der Waals surface area contributed by atoms with Crippen LogP contribution in [0.4, 0.5) is 11.4 Å². The Labute approximate surface area is 217 Å². The molecule has 3 rings (SSSR count). The van der Waals surface area contributed by atoms with E-state index in [1.165, 1.54) is 18.2 Å². The number of rotatable bonds is 10. The molecule has 9 heteroatoms. The van der Waals surface area contributed by atoms with Gasteiger partial charge in [-0.25, -0.2) is 8.42 Å². The number of para-hydroxylation sites is 1. The molecule has 2 N–H and O–H groups in total. The fraction of sp³-hybridized carbons (Fsp3) is 0.259. The number of hydrogen-bond acceptors (Lipinski definition) is 4. The number of nitrogens with one attached hydrogen (secondary N) is 2. The number of sulfonamides is 1. The number of aryl methyl sites for hydroxylation is 2. The van der Waals surface area contributed by atoms with Crippen LogP contribution in [0.1, 0.15) is 41.3 Å². The van der Waals surface area contributed by atoms with Gasteiger partial charge in [0, 0.05) is 11.6 Å². The Morgan fingerprint density at radius 3 is 2.33 bits per heavy atom. The zero-order valence-corrected chi connectivity index (χ0v) is 22.1. The van der Waals surface area contributed by atoms with E-state index in [0.29, 0.717) is 22.8 Å². The highest BCUT2D eigenvalue weighted by atomic mass is 35.5. The Bertz CT molecular complexity index is 1340.